The van der Waals surface area contributed by atoms with Gasteiger partial charge in [0.1, 0.15) is 12.1 Å². The van der Waals surface area contributed by atoms with Gasteiger partial charge in [-0.2, -0.15) is 0 Å². The van der Waals surface area contributed by atoms with Crippen LogP contribution in [-0.2, 0) is 4.79 Å². The number of hydrogen-bond donors (Lipinski definition) is 2. The topological polar surface area (TPSA) is 84.3 Å². The van der Waals surface area contributed by atoms with Crippen molar-refractivity contribution in [1.29, 1.82) is 0 Å². The van der Waals surface area contributed by atoms with Crippen molar-refractivity contribution in [3.63, 3.8) is 0 Å². The Balaban J connectivity index is 2.26. The van der Waals surface area contributed by atoms with Crippen LogP contribution in [0, 0.1) is 0 Å². The summed E-state index contributed by atoms with van der Waals surface area (Å²) in [6, 6.07) is 1.74. The largest absolute Gasteiger partial charge is 0.481 e. The predicted molar refractivity (Wildman–Crippen MR) is 67.8 cm³/mol. The van der Waals surface area contributed by atoms with Gasteiger partial charge in [0.05, 0.1) is 6.61 Å². The number of nitrogens with zero attached hydrogens (tertiary/aromatic N) is 2. The molecule has 0 amide bonds. The number of rotatable bonds is 9. The highest BCUT2D eigenvalue weighted by Gasteiger charge is 2.00. The average molecular weight is 253 g/mol. The molecule has 0 spiro atoms. The quantitative estimate of drug-likeness (QED) is 0.654. The van der Waals surface area contributed by atoms with Crippen molar-refractivity contribution >= 4 is 11.8 Å². The van der Waals surface area contributed by atoms with Crippen molar-refractivity contribution in [2.75, 3.05) is 18.5 Å². The lowest BCUT2D eigenvalue weighted by molar-refractivity contribution is -0.137. The predicted octanol–water partition coefficient (Wildman–Crippen LogP) is 1.93. The van der Waals surface area contributed by atoms with E-state index in [0.29, 0.717) is 31.3 Å². The third-order valence-corrected chi connectivity index (χ3v) is 2.22. The second-order valence-corrected chi connectivity index (χ2v) is 3.87. The zero-order chi connectivity index (χ0) is 13.2. The van der Waals surface area contributed by atoms with Crippen molar-refractivity contribution in [2.45, 2.75) is 32.6 Å². The molecule has 1 rings (SSSR count). The summed E-state index contributed by atoms with van der Waals surface area (Å²) >= 11 is 0. The summed E-state index contributed by atoms with van der Waals surface area (Å²) in [6.07, 6.45) is 4.04. The van der Waals surface area contributed by atoms with E-state index in [1.165, 1.54) is 6.33 Å². The summed E-state index contributed by atoms with van der Waals surface area (Å²) in [6.45, 7) is 3.36. The molecule has 100 valence electrons. The summed E-state index contributed by atoms with van der Waals surface area (Å²) in [4.78, 5) is 18.4. The molecule has 0 aliphatic carbocycles. The number of nitrogens with one attached hydrogen (secondary N) is 1. The summed E-state index contributed by atoms with van der Waals surface area (Å²) in [5, 5.41) is 11.6. The lowest BCUT2D eigenvalue weighted by atomic mass is 10.2. The van der Waals surface area contributed by atoms with Crippen LogP contribution >= 0.6 is 0 Å². The zero-order valence-corrected chi connectivity index (χ0v) is 10.6. The smallest absolute Gasteiger partial charge is 0.303 e. The van der Waals surface area contributed by atoms with Crippen molar-refractivity contribution in [3.8, 4) is 5.88 Å². The van der Waals surface area contributed by atoms with Gasteiger partial charge in [0, 0.05) is 19.0 Å². The van der Waals surface area contributed by atoms with E-state index in [1.54, 1.807) is 6.07 Å². The molecule has 0 bridgehead atoms. The summed E-state index contributed by atoms with van der Waals surface area (Å²) in [5.74, 6) is 0.499. The maximum absolute atomic E-state index is 10.3. The number of aliphatic carboxylic acids is 1. The average Bonchev–Trinajstić information content (AvgIpc) is 2.36. The van der Waals surface area contributed by atoms with Gasteiger partial charge in [0.25, 0.3) is 0 Å². The molecular weight excluding hydrogens is 234 g/mol. The summed E-state index contributed by atoms with van der Waals surface area (Å²) in [7, 11) is 0. The van der Waals surface area contributed by atoms with Gasteiger partial charge in [-0.3, -0.25) is 4.79 Å². The molecule has 0 aliphatic heterocycles. The molecule has 18 heavy (non-hydrogen) atoms. The lowest BCUT2D eigenvalue weighted by Crippen LogP contribution is -2.06. The molecule has 0 atom stereocenters. The Labute approximate surface area is 106 Å². The summed E-state index contributed by atoms with van der Waals surface area (Å²) in [5.41, 5.74) is 0. The highest BCUT2D eigenvalue weighted by molar-refractivity contribution is 5.66. The molecule has 0 saturated carbocycles. The Morgan fingerprint density at radius 3 is 3.00 bits per heavy atom. The maximum Gasteiger partial charge on any atom is 0.303 e. The fourth-order valence-electron chi connectivity index (χ4n) is 1.34. The number of carboxylic acids is 1. The van der Waals surface area contributed by atoms with Crippen LogP contribution in [0.1, 0.15) is 32.6 Å². The lowest BCUT2D eigenvalue weighted by Gasteiger charge is -2.07. The fourth-order valence-corrected chi connectivity index (χ4v) is 1.34. The van der Waals surface area contributed by atoms with Gasteiger partial charge in [0.2, 0.25) is 5.88 Å². The minimum atomic E-state index is -0.757. The molecule has 0 saturated heterocycles. The number of anilines is 1. The van der Waals surface area contributed by atoms with Crippen LogP contribution in [0.25, 0.3) is 0 Å². The number of carboxylic acid groups (broad SMARTS) is 1. The van der Waals surface area contributed by atoms with Crippen LogP contribution in [0.4, 0.5) is 5.82 Å². The van der Waals surface area contributed by atoms with E-state index in [4.69, 9.17) is 9.84 Å². The first-order valence-corrected chi connectivity index (χ1v) is 6.13. The Morgan fingerprint density at radius 2 is 2.28 bits per heavy atom. The van der Waals surface area contributed by atoms with E-state index in [0.717, 1.165) is 12.8 Å². The van der Waals surface area contributed by atoms with Crippen LogP contribution < -0.4 is 10.1 Å². The molecule has 2 N–H and O–H groups in total. The van der Waals surface area contributed by atoms with Crippen LogP contribution in [0.15, 0.2) is 12.4 Å². The molecule has 1 aromatic rings. The number of unbranched alkanes of at least 4 members (excludes halogenated alkanes) is 1. The van der Waals surface area contributed by atoms with Crippen molar-refractivity contribution in [2.24, 2.45) is 0 Å². The molecule has 1 heterocycles. The van der Waals surface area contributed by atoms with Crippen LogP contribution in [-0.4, -0.2) is 34.2 Å². The second kappa shape index (κ2) is 8.27. The van der Waals surface area contributed by atoms with Crippen LogP contribution in [0.5, 0.6) is 5.88 Å². The summed E-state index contributed by atoms with van der Waals surface area (Å²) < 4.78 is 5.39. The monoisotopic (exact) mass is 253 g/mol. The molecule has 1 aromatic heterocycles. The first kappa shape index (κ1) is 14.2. The van der Waals surface area contributed by atoms with E-state index >= 15 is 0 Å². The van der Waals surface area contributed by atoms with Crippen LogP contribution in [0.3, 0.4) is 0 Å². The molecule has 6 nitrogen and oxygen atoms in total. The SMILES string of the molecule is CCCOc1cc(NCCCCC(=O)O)ncn1. The first-order chi connectivity index (χ1) is 8.72. The van der Waals surface area contributed by atoms with Gasteiger partial charge >= 0.3 is 5.97 Å². The van der Waals surface area contributed by atoms with Gasteiger partial charge in [-0.15, -0.1) is 0 Å². The van der Waals surface area contributed by atoms with Gasteiger partial charge in [-0.1, -0.05) is 6.92 Å². The van der Waals surface area contributed by atoms with E-state index in [1.807, 2.05) is 6.92 Å². The number of aromatic nitrogens is 2. The second-order valence-electron chi connectivity index (χ2n) is 3.87. The third-order valence-electron chi connectivity index (χ3n) is 2.22. The van der Waals surface area contributed by atoms with E-state index in [-0.39, 0.29) is 6.42 Å². The van der Waals surface area contributed by atoms with E-state index < -0.39 is 5.97 Å². The molecule has 0 fully saturated rings. The molecule has 0 unspecified atom stereocenters. The number of ether oxygens (including phenoxy) is 1. The highest BCUT2D eigenvalue weighted by Crippen LogP contribution is 2.11. The van der Waals surface area contributed by atoms with Gasteiger partial charge in [-0.05, 0) is 19.3 Å². The Hall–Kier alpha value is -1.85. The minimum absolute atomic E-state index is 0.205. The normalized spacial score (nSPS) is 10.1. The Morgan fingerprint density at radius 1 is 1.44 bits per heavy atom. The first-order valence-electron chi connectivity index (χ1n) is 6.13. The molecule has 0 aliphatic rings. The standard InChI is InChI=1S/C12H19N3O3/c1-2-7-18-11-8-10(14-9-15-11)13-6-4-3-5-12(16)17/h8-9H,2-7H2,1H3,(H,16,17)(H,13,14,15). The third kappa shape index (κ3) is 6.03. The number of carbonyl (C=O) groups is 1. The molecule has 0 radical (unpaired) electrons. The highest BCUT2D eigenvalue weighted by atomic mass is 16.5. The molecule has 6 heteroatoms. The van der Waals surface area contributed by atoms with Gasteiger partial charge in [0.15, 0.2) is 0 Å². The van der Waals surface area contributed by atoms with Crippen LogP contribution in [0.2, 0.25) is 0 Å². The van der Waals surface area contributed by atoms with Gasteiger partial charge in [-0.25, -0.2) is 9.97 Å². The zero-order valence-electron chi connectivity index (χ0n) is 10.6. The van der Waals surface area contributed by atoms with Crippen molar-refractivity contribution < 1.29 is 14.6 Å². The van der Waals surface area contributed by atoms with E-state index in [9.17, 15) is 4.79 Å². The Kier molecular flexibility index (Phi) is 6.53. The minimum Gasteiger partial charge on any atom is -0.481 e. The molecular formula is C12H19N3O3. The molecule has 0 aromatic carbocycles. The Bertz CT molecular complexity index is 371. The fraction of sp³-hybridized carbons (Fsp3) is 0.583. The number of hydrogen-bond acceptors (Lipinski definition) is 5. The van der Waals surface area contributed by atoms with Crippen molar-refractivity contribution in [3.05, 3.63) is 12.4 Å². The maximum atomic E-state index is 10.3. The van der Waals surface area contributed by atoms with Gasteiger partial charge < -0.3 is 15.2 Å². The van der Waals surface area contributed by atoms with Crippen molar-refractivity contribution in [1.82, 2.24) is 9.97 Å². The van der Waals surface area contributed by atoms with E-state index in [2.05, 4.69) is 15.3 Å².